The molecular weight excluding hydrogens is 258 g/mol. The van der Waals surface area contributed by atoms with Crippen molar-refractivity contribution in [2.45, 2.75) is 0 Å². The van der Waals surface area contributed by atoms with Crippen molar-refractivity contribution in [2.75, 3.05) is 11.4 Å². The zero-order valence-corrected chi connectivity index (χ0v) is 9.27. The summed E-state index contributed by atoms with van der Waals surface area (Å²) in [6.45, 7) is -0.177. The minimum absolute atomic E-state index is 0.0187. The second-order valence-electron chi connectivity index (χ2n) is 3.16. The molecule has 0 bridgehead atoms. The molecule has 16 heavy (non-hydrogen) atoms. The molecule has 1 N–H and O–H groups in total. The van der Waals surface area contributed by atoms with Gasteiger partial charge in [0.2, 0.25) is 5.91 Å². The first-order valence-corrected chi connectivity index (χ1v) is 5.00. The van der Waals surface area contributed by atoms with Crippen LogP contribution in [0, 0.1) is 5.82 Å². The van der Waals surface area contributed by atoms with Crippen molar-refractivity contribution >= 4 is 40.8 Å². The predicted octanol–water partition coefficient (Wildman–Crippen LogP) is 2.19. The highest BCUT2D eigenvalue weighted by atomic mass is 35.5. The highest BCUT2D eigenvalue weighted by molar-refractivity contribution is 6.40. The molecule has 1 aromatic rings. The third kappa shape index (κ3) is 1.83. The van der Waals surface area contributed by atoms with Gasteiger partial charge in [0, 0.05) is 0 Å². The normalized spacial score (nSPS) is 15.6. The summed E-state index contributed by atoms with van der Waals surface area (Å²) in [6.07, 6.45) is 0. The lowest BCUT2D eigenvalue weighted by Gasteiger charge is -2.16. The van der Waals surface area contributed by atoms with E-state index in [2.05, 4.69) is 5.32 Å². The second-order valence-corrected chi connectivity index (χ2v) is 3.97. The van der Waals surface area contributed by atoms with E-state index >= 15 is 0 Å². The largest absolute Gasteiger partial charge is 0.329 e. The summed E-state index contributed by atoms with van der Waals surface area (Å²) in [5.74, 6) is -1.06. The molecule has 1 aliphatic rings. The van der Waals surface area contributed by atoms with E-state index in [1.807, 2.05) is 0 Å². The van der Waals surface area contributed by atoms with Crippen LogP contribution in [0.15, 0.2) is 12.1 Å². The molecule has 1 aliphatic heterocycles. The maximum Gasteiger partial charge on any atom is 0.329 e. The molecule has 1 aromatic carbocycles. The van der Waals surface area contributed by atoms with Gasteiger partial charge in [-0.1, -0.05) is 23.2 Å². The van der Waals surface area contributed by atoms with Crippen LogP contribution in [0.2, 0.25) is 10.0 Å². The minimum Gasteiger partial charge on any atom is -0.282 e. The van der Waals surface area contributed by atoms with Crippen LogP contribution in [-0.4, -0.2) is 18.5 Å². The number of rotatable bonds is 1. The Morgan fingerprint density at radius 1 is 1.25 bits per heavy atom. The van der Waals surface area contributed by atoms with E-state index in [1.54, 1.807) is 0 Å². The minimum atomic E-state index is -0.625. The number of hydrogen-bond donors (Lipinski definition) is 1. The van der Waals surface area contributed by atoms with Gasteiger partial charge >= 0.3 is 6.03 Å². The summed E-state index contributed by atoms with van der Waals surface area (Å²) in [4.78, 5) is 23.4. The van der Waals surface area contributed by atoms with Crippen molar-refractivity contribution in [2.24, 2.45) is 0 Å². The van der Waals surface area contributed by atoms with Crippen LogP contribution in [-0.2, 0) is 4.79 Å². The molecule has 4 nitrogen and oxygen atoms in total. The molecule has 1 saturated heterocycles. The van der Waals surface area contributed by atoms with Gasteiger partial charge in [0.15, 0.2) is 0 Å². The van der Waals surface area contributed by atoms with Gasteiger partial charge < -0.3 is 0 Å². The standard InChI is InChI=1S/C9H5Cl2FN2O2/c10-5-1-4(12)2-6(11)8(5)14-3-7(15)13-9(14)16/h1-2H,3H2,(H,13,15,16). The molecule has 0 unspecified atom stereocenters. The molecule has 1 heterocycles. The van der Waals surface area contributed by atoms with Gasteiger partial charge in [-0.2, -0.15) is 0 Å². The Hall–Kier alpha value is -1.33. The Morgan fingerprint density at radius 2 is 1.81 bits per heavy atom. The SMILES string of the molecule is O=C1CN(c2c(Cl)cc(F)cc2Cl)C(=O)N1. The van der Waals surface area contributed by atoms with Gasteiger partial charge in [-0.05, 0) is 12.1 Å². The van der Waals surface area contributed by atoms with Crippen LogP contribution in [0.5, 0.6) is 0 Å². The predicted molar refractivity (Wildman–Crippen MR) is 57.3 cm³/mol. The van der Waals surface area contributed by atoms with E-state index in [-0.39, 0.29) is 22.3 Å². The fourth-order valence-corrected chi connectivity index (χ4v) is 2.08. The highest BCUT2D eigenvalue weighted by Gasteiger charge is 2.31. The molecule has 1 fully saturated rings. The first-order valence-electron chi connectivity index (χ1n) is 4.25. The summed E-state index contributed by atoms with van der Waals surface area (Å²) in [6, 6.07) is 1.43. The Balaban J connectivity index is 2.48. The third-order valence-electron chi connectivity index (χ3n) is 2.04. The number of hydrogen-bond acceptors (Lipinski definition) is 2. The van der Waals surface area contributed by atoms with Crippen molar-refractivity contribution in [3.8, 4) is 0 Å². The summed E-state index contributed by atoms with van der Waals surface area (Å²) in [5, 5.41) is 2.03. The first kappa shape index (κ1) is 11.2. The van der Waals surface area contributed by atoms with Crippen LogP contribution in [0.3, 0.4) is 0 Å². The van der Waals surface area contributed by atoms with Crippen molar-refractivity contribution < 1.29 is 14.0 Å². The number of anilines is 1. The van der Waals surface area contributed by atoms with Gasteiger partial charge in [-0.25, -0.2) is 9.18 Å². The summed E-state index contributed by atoms with van der Waals surface area (Å²) < 4.78 is 12.9. The molecular formula is C9H5Cl2FN2O2. The Labute approximate surface area is 99.9 Å². The summed E-state index contributed by atoms with van der Waals surface area (Å²) >= 11 is 11.5. The van der Waals surface area contributed by atoms with Gasteiger partial charge in [0.05, 0.1) is 15.7 Å². The van der Waals surface area contributed by atoms with E-state index in [4.69, 9.17) is 23.2 Å². The lowest BCUT2D eigenvalue weighted by molar-refractivity contribution is -0.117. The average molecular weight is 263 g/mol. The van der Waals surface area contributed by atoms with Crippen LogP contribution >= 0.6 is 23.2 Å². The van der Waals surface area contributed by atoms with Crippen LogP contribution in [0.1, 0.15) is 0 Å². The topological polar surface area (TPSA) is 49.4 Å². The van der Waals surface area contributed by atoms with E-state index in [1.165, 1.54) is 0 Å². The number of urea groups is 1. The number of amides is 3. The quantitative estimate of drug-likeness (QED) is 0.789. The van der Waals surface area contributed by atoms with Crippen molar-refractivity contribution in [3.05, 3.63) is 28.0 Å². The fourth-order valence-electron chi connectivity index (χ4n) is 1.41. The Kier molecular flexibility index (Phi) is 2.73. The number of carbonyl (C=O) groups is 2. The average Bonchev–Trinajstić information content (AvgIpc) is 2.43. The molecule has 0 atom stereocenters. The van der Waals surface area contributed by atoms with Crippen molar-refractivity contribution in [1.82, 2.24) is 5.32 Å². The molecule has 3 amide bonds. The van der Waals surface area contributed by atoms with Crippen LogP contribution < -0.4 is 10.2 Å². The zero-order chi connectivity index (χ0) is 11.9. The molecule has 2 rings (SSSR count). The van der Waals surface area contributed by atoms with Crippen molar-refractivity contribution in [3.63, 3.8) is 0 Å². The Morgan fingerprint density at radius 3 is 2.25 bits per heavy atom. The number of imide groups is 1. The maximum absolute atomic E-state index is 12.9. The molecule has 84 valence electrons. The number of nitrogens with one attached hydrogen (secondary N) is 1. The van der Waals surface area contributed by atoms with E-state index in [9.17, 15) is 14.0 Å². The highest BCUT2D eigenvalue weighted by Crippen LogP contribution is 2.35. The monoisotopic (exact) mass is 262 g/mol. The lowest BCUT2D eigenvalue weighted by atomic mass is 10.3. The molecule has 0 spiro atoms. The lowest BCUT2D eigenvalue weighted by Crippen LogP contribution is -2.28. The number of carbonyl (C=O) groups excluding carboxylic acids is 2. The molecule has 0 radical (unpaired) electrons. The van der Waals surface area contributed by atoms with E-state index in [0.717, 1.165) is 17.0 Å². The zero-order valence-electron chi connectivity index (χ0n) is 7.76. The van der Waals surface area contributed by atoms with E-state index < -0.39 is 17.8 Å². The smallest absolute Gasteiger partial charge is 0.282 e. The van der Waals surface area contributed by atoms with E-state index in [0.29, 0.717) is 0 Å². The van der Waals surface area contributed by atoms with Crippen LogP contribution in [0.25, 0.3) is 0 Å². The maximum atomic E-state index is 12.9. The van der Waals surface area contributed by atoms with Gasteiger partial charge in [0.25, 0.3) is 0 Å². The van der Waals surface area contributed by atoms with Gasteiger partial charge in [-0.15, -0.1) is 0 Å². The molecule has 0 aliphatic carbocycles. The second kappa shape index (κ2) is 3.92. The number of benzene rings is 1. The van der Waals surface area contributed by atoms with Crippen LogP contribution in [0.4, 0.5) is 14.9 Å². The number of halogens is 3. The molecule has 0 saturated carbocycles. The Bertz CT molecular complexity index is 469. The fraction of sp³-hybridized carbons (Fsp3) is 0.111. The van der Waals surface area contributed by atoms with Gasteiger partial charge in [0.1, 0.15) is 12.4 Å². The third-order valence-corrected chi connectivity index (χ3v) is 2.62. The first-order chi connectivity index (χ1) is 7.49. The summed E-state index contributed by atoms with van der Waals surface area (Å²) in [7, 11) is 0. The molecule has 0 aromatic heterocycles. The van der Waals surface area contributed by atoms with Gasteiger partial charge in [-0.3, -0.25) is 15.0 Å². The number of nitrogens with zero attached hydrogens (tertiary/aromatic N) is 1. The summed E-state index contributed by atoms with van der Waals surface area (Å²) in [5.41, 5.74) is 0.132. The molecule has 7 heteroatoms. The van der Waals surface area contributed by atoms with Crippen molar-refractivity contribution in [1.29, 1.82) is 0 Å².